The Morgan fingerprint density at radius 2 is 2.18 bits per heavy atom. The van der Waals surface area contributed by atoms with E-state index in [2.05, 4.69) is 30.8 Å². The number of hydrogen-bond donors (Lipinski definition) is 1. The van der Waals surface area contributed by atoms with Gasteiger partial charge in [0, 0.05) is 0 Å². The molecule has 6 heteroatoms. The van der Waals surface area contributed by atoms with Crippen LogP contribution in [0.1, 0.15) is 33.6 Å². The Morgan fingerprint density at radius 1 is 1.41 bits per heavy atom. The van der Waals surface area contributed by atoms with Crippen molar-refractivity contribution >= 4 is 7.12 Å². The first-order chi connectivity index (χ1) is 7.98. The summed E-state index contributed by atoms with van der Waals surface area (Å²) in [6, 6.07) is 0. The summed E-state index contributed by atoms with van der Waals surface area (Å²) < 4.78 is 12.0. The van der Waals surface area contributed by atoms with Crippen LogP contribution in [-0.2, 0) is 9.31 Å². The van der Waals surface area contributed by atoms with E-state index in [1.807, 2.05) is 0 Å². The highest BCUT2D eigenvalue weighted by atomic mass is 16.7. The first-order valence-corrected chi connectivity index (χ1v) is 6.35. The Balaban J connectivity index is 1.80. The lowest BCUT2D eigenvalue weighted by atomic mass is 9.43. The second-order valence-electron chi connectivity index (χ2n) is 6.32. The van der Waals surface area contributed by atoms with E-state index >= 15 is 0 Å². The van der Waals surface area contributed by atoms with Crippen LogP contribution in [0.2, 0.25) is 0 Å². The largest absolute Gasteiger partial charge is 0.488 e. The van der Waals surface area contributed by atoms with Gasteiger partial charge >= 0.3 is 7.12 Å². The molecule has 92 valence electrons. The molecular weight excluding hydrogens is 217 g/mol. The first-order valence-electron chi connectivity index (χ1n) is 6.35. The molecule has 0 aromatic carbocycles. The minimum Gasteiger partial charge on any atom is -0.404 e. The van der Waals surface area contributed by atoms with Crippen molar-refractivity contribution in [3.05, 3.63) is 0 Å². The molecule has 0 spiro atoms. The minimum atomic E-state index is -0.311. The lowest BCUT2D eigenvalue weighted by Gasteiger charge is -2.64. The molecule has 5 nitrogen and oxygen atoms in total. The van der Waals surface area contributed by atoms with Crippen molar-refractivity contribution in [2.45, 2.75) is 45.3 Å². The lowest BCUT2D eigenvalue weighted by Crippen LogP contribution is -2.65. The zero-order valence-corrected chi connectivity index (χ0v) is 10.6. The van der Waals surface area contributed by atoms with Crippen LogP contribution < -0.4 is 4.91 Å². The molecule has 1 N–H and O–H groups in total. The molecule has 4 rings (SSSR count). The smallest absolute Gasteiger partial charge is 0.404 e. The average Bonchev–Trinajstić information content (AvgIpc) is 2.61. The molecule has 4 aliphatic rings. The van der Waals surface area contributed by atoms with Gasteiger partial charge in [-0.05, 0) is 37.0 Å². The van der Waals surface area contributed by atoms with Crippen molar-refractivity contribution < 1.29 is 9.31 Å². The molecule has 0 aromatic rings. The van der Waals surface area contributed by atoms with Crippen molar-refractivity contribution in [2.75, 3.05) is 6.44 Å². The SMILES string of the molecule is CC1(C)C2CC3OB(CN=[N+]=N)O[C@]3(C)C1C2. The van der Waals surface area contributed by atoms with Crippen molar-refractivity contribution in [1.29, 1.82) is 5.53 Å². The van der Waals surface area contributed by atoms with Gasteiger partial charge in [-0.15, -0.1) is 0 Å². The molecule has 2 bridgehead atoms. The van der Waals surface area contributed by atoms with Crippen molar-refractivity contribution in [1.82, 2.24) is 4.91 Å². The lowest BCUT2D eigenvalue weighted by molar-refractivity contribution is -0.199. The Kier molecular flexibility index (Phi) is 2.28. The molecule has 3 aliphatic carbocycles. The van der Waals surface area contributed by atoms with E-state index in [4.69, 9.17) is 14.8 Å². The molecule has 0 radical (unpaired) electrons. The predicted octanol–water partition coefficient (Wildman–Crippen LogP) is 1.80. The third-order valence-electron chi connectivity index (χ3n) is 5.30. The van der Waals surface area contributed by atoms with Gasteiger partial charge in [0.05, 0.1) is 11.7 Å². The highest BCUT2D eigenvalue weighted by molar-refractivity contribution is 6.45. The second kappa shape index (κ2) is 3.41. The van der Waals surface area contributed by atoms with E-state index in [1.54, 1.807) is 0 Å². The summed E-state index contributed by atoms with van der Waals surface area (Å²) in [5, 5.41) is 3.66. The summed E-state index contributed by atoms with van der Waals surface area (Å²) in [7, 11) is -0.311. The van der Waals surface area contributed by atoms with Crippen molar-refractivity contribution in [2.24, 2.45) is 22.4 Å². The van der Waals surface area contributed by atoms with Crippen LogP contribution in [-0.4, -0.2) is 25.3 Å². The molecule has 1 saturated heterocycles. The van der Waals surface area contributed by atoms with Crippen molar-refractivity contribution in [3.63, 3.8) is 0 Å². The molecule has 4 fully saturated rings. The van der Waals surface area contributed by atoms with Crippen LogP contribution in [0, 0.1) is 22.8 Å². The van der Waals surface area contributed by atoms with Crippen molar-refractivity contribution in [3.8, 4) is 0 Å². The van der Waals surface area contributed by atoms with E-state index in [9.17, 15) is 0 Å². The molecule has 17 heavy (non-hydrogen) atoms. The molecule has 4 atom stereocenters. The number of rotatable bonds is 2. The van der Waals surface area contributed by atoms with Crippen LogP contribution in [0.15, 0.2) is 5.11 Å². The zero-order valence-electron chi connectivity index (χ0n) is 10.6. The van der Waals surface area contributed by atoms with Crippen LogP contribution in [0.25, 0.3) is 0 Å². The Morgan fingerprint density at radius 3 is 2.82 bits per heavy atom. The Hall–Kier alpha value is -0.705. The van der Waals surface area contributed by atoms with Gasteiger partial charge in [-0.3, -0.25) is 0 Å². The molecule has 1 aliphatic heterocycles. The molecule has 3 saturated carbocycles. The van der Waals surface area contributed by atoms with Crippen LogP contribution in [0.3, 0.4) is 0 Å². The van der Waals surface area contributed by atoms with E-state index in [0.717, 1.165) is 12.3 Å². The maximum absolute atomic E-state index is 6.68. The predicted molar refractivity (Wildman–Crippen MR) is 62.3 cm³/mol. The van der Waals surface area contributed by atoms with Crippen LogP contribution in [0.4, 0.5) is 0 Å². The summed E-state index contributed by atoms with van der Waals surface area (Å²) in [6.07, 6.45) is 2.89. The average molecular weight is 236 g/mol. The Labute approximate surface area is 102 Å². The third-order valence-corrected chi connectivity index (χ3v) is 5.30. The summed E-state index contributed by atoms with van der Waals surface area (Å²) in [6.45, 7) is 6.86. The van der Waals surface area contributed by atoms with E-state index in [1.165, 1.54) is 6.42 Å². The van der Waals surface area contributed by atoms with E-state index in [0.29, 0.717) is 17.8 Å². The summed E-state index contributed by atoms with van der Waals surface area (Å²) in [4.78, 5) is 3.01. The fraction of sp³-hybridized carbons (Fsp3) is 1.00. The van der Waals surface area contributed by atoms with Crippen LogP contribution >= 0.6 is 0 Å². The number of nitrogens with one attached hydrogen (secondary N) is 1. The second-order valence-corrected chi connectivity index (χ2v) is 6.32. The topological polar surface area (TPSA) is 68.8 Å². The summed E-state index contributed by atoms with van der Waals surface area (Å²) >= 11 is 0. The van der Waals surface area contributed by atoms with Gasteiger partial charge in [0.1, 0.15) is 10.6 Å². The van der Waals surface area contributed by atoms with E-state index < -0.39 is 0 Å². The third kappa shape index (κ3) is 1.38. The maximum atomic E-state index is 6.68. The van der Waals surface area contributed by atoms with Gasteiger partial charge in [-0.1, -0.05) is 13.8 Å². The standard InChI is InChI=1S/C11H19BN3O2/c1-10(2)7-4-8(10)11(3)9(5-7)16-12(17-11)6-14-15-13/h7-9,13H,4-6H2,1-3H3/q+1/t7?,8?,9?,11-/m1/s1. The molecule has 0 aromatic heterocycles. The van der Waals surface area contributed by atoms with Gasteiger partial charge < -0.3 is 9.31 Å². The zero-order chi connectivity index (χ0) is 12.3. The maximum Gasteiger partial charge on any atom is 0.488 e. The number of nitrogens with zero attached hydrogens (tertiary/aromatic N) is 2. The molecular formula is C11H19BN3O2+. The minimum absolute atomic E-state index is 0.166. The fourth-order valence-electron chi connectivity index (χ4n) is 4.14. The summed E-state index contributed by atoms with van der Waals surface area (Å²) in [5.41, 5.74) is 6.89. The quantitative estimate of drug-likeness (QED) is 0.451. The van der Waals surface area contributed by atoms with Crippen LogP contribution in [0.5, 0.6) is 0 Å². The first kappa shape index (κ1) is 11.4. The van der Waals surface area contributed by atoms with Gasteiger partial charge in [0.15, 0.2) is 6.44 Å². The summed E-state index contributed by atoms with van der Waals surface area (Å²) in [5.74, 6) is 1.35. The van der Waals surface area contributed by atoms with Gasteiger partial charge in [0.25, 0.3) is 0 Å². The normalized spacial score (nSPS) is 45.8. The highest BCUT2D eigenvalue weighted by Crippen LogP contribution is 2.65. The van der Waals surface area contributed by atoms with Gasteiger partial charge in [-0.25, -0.2) is 0 Å². The molecule has 3 unspecified atom stereocenters. The van der Waals surface area contributed by atoms with E-state index in [-0.39, 0.29) is 18.8 Å². The number of hydrogen-bond acceptors (Lipinski definition) is 4. The Bertz CT molecular complexity index is 396. The van der Waals surface area contributed by atoms with Gasteiger partial charge in [-0.2, -0.15) is 0 Å². The molecule has 0 amide bonds. The highest BCUT2D eigenvalue weighted by Gasteiger charge is 2.67. The molecule has 1 heterocycles. The fourth-order valence-corrected chi connectivity index (χ4v) is 4.14. The van der Waals surface area contributed by atoms with Gasteiger partial charge in [0.2, 0.25) is 4.91 Å². The monoisotopic (exact) mass is 236 g/mol.